The van der Waals surface area contributed by atoms with E-state index in [2.05, 4.69) is 20.4 Å². The zero-order chi connectivity index (χ0) is 12.1. The number of guanidine groups is 1. The summed E-state index contributed by atoms with van der Waals surface area (Å²) in [5, 5.41) is 6.18. The molecule has 1 aliphatic heterocycles. The summed E-state index contributed by atoms with van der Waals surface area (Å²) in [5.74, 6) is 0.678. The van der Waals surface area contributed by atoms with Crippen LogP contribution in [-0.4, -0.2) is 25.2 Å². The van der Waals surface area contributed by atoms with Crippen molar-refractivity contribution in [1.82, 2.24) is 5.32 Å². The van der Waals surface area contributed by atoms with Crippen LogP contribution in [0.15, 0.2) is 29.3 Å². The van der Waals surface area contributed by atoms with Crippen LogP contribution in [0.2, 0.25) is 0 Å². The number of aliphatic imine (C=N–C) groups is 1. The van der Waals surface area contributed by atoms with Gasteiger partial charge in [-0.3, -0.25) is 0 Å². The average molecular weight is 234 g/mol. The van der Waals surface area contributed by atoms with Gasteiger partial charge in [0.2, 0.25) is 0 Å². The van der Waals surface area contributed by atoms with Gasteiger partial charge in [0.1, 0.15) is 6.61 Å². The van der Waals surface area contributed by atoms with Crippen LogP contribution in [0, 0.1) is 0 Å². The van der Waals surface area contributed by atoms with Crippen molar-refractivity contribution in [2.75, 3.05) is 18.5 Å². The molecule has 0 saturated carbocycles. The largest absolute Gasteiger partial charge is 0.448 e. The molecule has 0 atom stereocenters. The lowest BCUT2D eigenvalue weighted by atomic mass is 10.1. The number of hydrogen-bond donors (Lipinski definition) is 3. The normalized spacial score (nSPS) is 13.1. The van der Waals surface area contributed by atoms with Gasteiger partial charge in [-0.05, 0) is 11.6 Å². The lowest BCUT2D eigenvalue weighted by Gasteiger charge is -2.19. The van der Waals surface area contributed by atoms with Crippen LogP contribution < -0.4 is 16.4 Å². The number of benzene rings is 1. The highest BCUT2D eigenvalue weighted by atomic mass is 16.5. The molecule has 1 aromatic carbocycles. The van der Waals surface area contributed by atoms with E-state index in [1.165, 1.54) is 0 Å². The van der Waals surface area contributed by atoms with E-state index in [1.807, 2.05) is 24.3 Å². The van der Waals surface area contributed by atoms with Crippen LogP contribution in [0.25, 0.3) is 0 Å². The average Bonchev–Trinajstić information content (AvgIpc) is 2.34. The van der Waals surface area contributed by atoms with E-state index in [0.29, 0.717) is 19.0 Å². The van der Waals surface area contributed by atoms with Crippen LogP contribution in [0.3, 0.4) is 0 Å². The second-order valence-corrected chi connectivity index (χ2v) is 3.54. The van der Waals surface area contributed by atoms with Crippen molar-refractivity contribution >= 4 is 17.7 Å². The molecule has 1 heterocycles. The van der Waals surface area contributed by atoms with Gasteiger partial charge in [-0.25, -0.2) is 9.79 Å². The number of amides is 1. The third kappa shape index (κ3) is 3.10. The van der Waals surface area contributed by atoms with E-state index in [1.54, 1.807) is 0 Å². The summed E-state index contributed by atoms with van der Waals surface area (Å²) in [6.45, 7) is 1.33. The number of carbonyl (C=O) groups excluding carboxylic acids is 1. The summed E-state index contributed by atoms with van der Waals surface area (Å²) >= 11 is 0. The number of carbonyl (C=O) groups is 1. The molecule has 6 heteroatoms. The van der Waals surface area contributed by atoms with Gasteiger partial charge in [-0.15, -0.1) is 0 Å². The summed E-state index contributed by atoms with van der Waals surface area (Å²) in [4.78, 5) is 14.7. The molecular weight excluding hydrogens is 220 g/mol. The Hall–Kier alpha value is -2.24. The molecule has 1 amide bonds. The van der Waals surface area contributed by atoms with Gasteiger partial charge in [0.05, 0.1) is 13.1 Å². The number of primary amides is 1. The Balaban J connectivity index is 1.81. The van der Waals surface area contributed by atoms with Gasteiger partial charge in [-0.2, -0.15) is 0 Å². The molecule has 4 N–H and O–H groups in total. The van der Waals surface area contributed by atoms with Crippen molar-refractivity contribution in [2.45, 2.75) is 6.54 Å². The molecule has 1 aliphatic rings. The first kappa shape index (κ1) is 11.3. The number of fused-ring (bicyclic) bond motifs is 1. The number of nitrogens with zero attached hydrogens (tertiary/aromatic N) is 1. The number of para-hydroxylation sites is 1. The smallest absolute Gasteiger partial charge is 0.404 e. The number of anilines is 1. The second kappa shape index (κ2) is 5.20. The van der Waals surface area contributed by atoms with Gasteiger partial charge < -0.3 is 21.1 Å². The van der Waals surface area contributed by atoms with Gasteiger partial charge in [0, 0.05) is 5.69 Å². The monoisotopic (exact) mass is 234 g/mol. The van der Waals surface area contributed by atoms with Gasteiger partial charge in [0.15, 0.2) is 5.96 Å². The minimum Gasteiger partial charge on any atom is -0.448 e. The Morgan fingerprint density at radius 2 is 2.35 bits per heavy atom. The Labute approximate surface area is 98.9 Å². The lowest BCUT2D eigenvalue weighted by Crippen LogP contribution is -2.35. The molecule has 0 spiro atoms. The maximum Gasteiger partial charge on any atom is 0.404 e. The fourth-order valence-electron chi connectivity index (χ4n) is 1.53. The standard InChI is InChI=1S/C11H14N4O2/c12-10(16)17-6-5-13-11-14-7-8-3-1-2-4-9(8)15-11/h1-4H,5-7H2,(H2,12,16)(H2,13,14,15). The highest BCUT2D eigenvalue weighted by Crippen LogP contribution is 2.18. The van der Waals surface area contributed by atoms with Crippen LogP contribution in [0.1, 0.15) is 5.56 Å². The van der Waals surface area contributed by atoms with Crippen LogP contribution >= 0.6 is 0 Å². The Morgan fingerprint density at radius 1 is 1.53 bits per heavy atom. The first-order valence-electron chi connectivity index (χ1n) is 5.31. The SMILES string of the molecule is NC(=O)OCCNC1=NCc2ccccc2N1. The van der Waals surface area contributed by atoms with Crippen molar-refractivity contribution in [2.24, 2.45) is 10.7 Å². The Kier molecular flexibility index (Phi) is 3.44. The van der Waals surface area contributed by atoms with Crippen molar-refractivity contribution in [3.63, 3.8) is 0 Å². The lowest BCUT2D eigenvalue weighted by molar-refractivity contribution is 0.159. The van der Waals surface area contributed by atoms with Gasteiger partial charge in [-0.1, -0.05) is 18.2 Å². The molecule has 0 unspecified atom stereocenters. The Bertz CT molecular complexity index is 445. The molecule has 0 aliphatic carbocycles. The fourth-order valence-corrected chi connectivity index (χ4v) is 1.53. The zero-order valence-corrected chi connectivity index (χ0v) is 9.27. The number of hydrogen-bond acceptors (Lipinski definition) is 5. The number of rotatable bonds is 3. The molecular formula is C11H14N4O2. The molecule has 2 rings (SSSR count). The van der Waals surface area contributed by atoms with Crippen LogP contribution in [0.5, 0.6) is 0 Å². The topological polar surface area (TPSA) is 88.7 Å². The van der Waals surface area contributed by atoms with Crippen molar-refractivity contribution in [3.05, 3.63) is 29.8 Å². The fraction of sp³-hybridized carbons (Fsp3) is 0.273. The number of ether oxygens (including phenoxy) is 1. The van der Waals surface area contributed by atoms with Crippen molar-refractivity contribution < 1.29 is 9.53 Å². The number of nitrogens with two attached hydrogens (primary N) is 1. The molecule has 6 nitrogen and oxygen atoms in total. The second-order valence-electron chi connectivity index (χ2n) is 3.54. The van der Waals surface area contributed by atoms with Crippen LogP contribution in [-0.2, 0) is 11.3 Å². The third-order valence-corrected chi connectivity index (χ3v) is 2.32. The summed E-state index contributed by atoms with van der Waals surface area (Å²) < 4.78 is 4.60. The zero-order valence-electron chi connectivity index (χ0n) is 9.27. The molecule has 0 aromatic heterocycles. The predicted molar refractivity (Wildman–Crippen MR) is 64.7 cm³/mol. The first-order valence-corrected chi connectivity index (χ1v) is 5.31. The first-order chi connectivity index (χ1) is 8.25. The molecule has 90 valence electrons. The minimum absolute atomic E-state index is 0.220. The van der Waals surface area contributed by atoms with Gasteiger partial charge in [0.25, 0.3) is 0 Å². The summed E-state index contributed by atoms with van der Waals surface area (Å²) in [5.41, 5.74) is 7.04. The predicted octanol–water partition coefficient (Wildman–Crippen LogP) is 0.653. The van der Waals surface area contributed by atoms with Crippen molar-refractivity contribution in [1.29, 1.82) is 0 Å². The van der Waals surface area contributed by atoms with Gasteiger partial charge >= 0.3 is 6.09 Å². The molecule has 0 radical (unpaired) electrons. The van der Waals surface area contributed by atoms with E-state index in [4.69, 9.17) is 5.73 Å². The highest BCUT2D eigenvalue weighted by Gasteiger charge is 2.09. The maximum absolute atomic E-state index is 10.3. The maximum atomic E-state index is 10.3. The number of nitrogens with one attached hydrogen (secondary N) is 2. The third-order valence-electron chi connectivity index (χ3n) is 2.32. The van der Waals surface area contributed by atoms with E-state index >= 15 is 0 Å². The van der Waals surface area contributed by atoms with Crippen molar-refractivity contribution in [3.8, 4) is 0 Å². The van der Waals surface area contributed by atoms with E-state index < -0.39 is 6.09 Å². The minimum atomic E-state index is -0.768. The summed E-state index contributed by atoms with van der Waals surface area (Å²) in [6, 6.07) is 7.96. The quantitative estimate of drug-likeness (QED) is 0.670. The summed E-state index contributed by atoms with van der Waals surface area (Å²) in [6.07, 6.45) is -0.768. The molecule has 0 saturated heterocycles. The molecule has 0 fully saturated rings. The van der Waals surface area contributed by atoms with E-state index in [-0.39, 0.29) is 6.61 Å². The Morgan fingerprint density at radius 3 is 3.18 bits per heavy atom. The molecule has 1 aromatic rings. The van der Waals surface area contributed by atoms with E-state index in [9.17, 15) is 4.79 Å². The van der Waals surface area contributed by atoms with Crippen LogP contribution in [0.4, 0.5) is 10.5 Å². The van der Waals surface area contributed by atoms with E-state index in [0.717, 1.165) is 11.3 Å². The molecule has 0 bridgehead atoms. The highest BCUT2D eigenvalue weighted by molar-refractivity contribution is 5.95. The summed E-state index contributed by atoms with van der Waals surface area (Å²) in [7, 11) is 0. The molecule has 17 heavy (non-hydrogen) atoms.